The number of ether oxygens (including phenoxy) is 2. The number of nitrogens with zero attached hydrogens (tertiary/aromatic N) is 2. The Morgan fingerprint density at radius 2 is 1.54 bits per heavy atom. The van der Waals surface area contributed by atoms with Crippen LogP contribution >= 0.6 is 11.6 Å². The Labute approximate surface area is 285 Å². The van der Waals surface area contributed by atoms with Crippen molar-refractivity contribution >= 4 is 39.1 Å². The average molecular weight is 694 g/mol. The van der Waals surface area contributed by atoms with Crippen molar-refractivity contribution in [2.24, 2.45) is 5.92 Å². The number of sulfonamides is 1. The number of carbonyl (C=O) groups is 2. The second-order valence-corrected chi connectivity index (χ2v) is 14.1. The fourth-order valence-corrected chi connectivity index (χ4v) is 6.77. The molecule has 0 aromatic heterocycles. The molecule has 252 valence electrons. The van der Waals surface area contributed by atoms with Crippen molar-refractivity contribution < 1.29 is 31.9 Å². The Morgan fingerprint density at radius 1 is 0.875 bits per heavy atom. The molecule has 1 aliphatic heterocycles. The first-order valence-corrected chi connectivity index (χ1v) is 17.4. The van der Waals surface area contributed by atoms with Crippen LogP contribution in [0.1, 0.15) is 25.0 Å². The first-order valence-electron chi connectivity index (χ1n) is 15.5. The highest BCUT2D eigenvalue weighted by Gasteiger charge is 2.35. The zero-order valence-corrected chi connectivity index (χ0v) is 28.2. The molecule has 1 unspecified atom stereocenters. The molecule has 2 amide bonds. The van der Waals surface area contributed by atoms with E-state index in [0.717, 1.165) is 22.0 Å². The molecule has 9 nitrogen and oxygen atoms in total. The van der Waals surface area contributed by atoms with Crippen LogP contribution in [0.25, 0.3) is 0 Å². The van der Waals surface area contributed by atoms with E-state index in [0.29, 0.717) is 29.5 Å². The molecule has 12 heteroatoms. The van der Waals surface area contributed by atoms with E-state index in [-0.39, 0.29) is 47.7 Å². The van der Waals surface area contributed by atoms with Crippen LogP contribution in [0.15, 0.2) is 102 Å². The van der Waals surface area contributed by atoms with Gasteiger partial charge < -0.3 is 19.7 Å². The molecule has 4 aromatic carbocycles. The summed E-state index contributed by atoms with van der Waals surface area (Å²) in [7, 11) is -4.42. The summed E-state index contributed by atoms with van der Waals surface area (Å²) >= 11 is 6.14. The minimum atomic E-state index is -4.42. The van der Waals surface area contributed by atoms with Crippen molar-refractivity contribution in [1.82, 2.24) is 10.2 Å². The summed E-state index contributed by atoms with van der Waals surface area (Å²) in [5.41, 5.74) is 1.57. The van der Waals surface area contributed by atoms with Crippen LogP contribution < -0.4 is 19.1 Å². The minimum absolute atomic E-state index is 0.00999. The van der Waals surface area contributed by atoms with Crippen LogP contribution in [-0.2, 0) is 32.6 Å². The van der Waals surface area contributed by atoms with E-state index in [4.69, 9.17) is 21.1 Å². The third kappa shape index (κ3) is 8.64. The van der Waals surface area contributed by atoms with Crippen molar-refractivity contribution in [2.45, 2.75) is 37.8 Å². The summed E-state index contributed by atoms with van der Waals surface area (Å²) in [6.07, 6.45) is 0.176. The van der Waals surface area contributed by atoms with E-state index >= 15 is 0 Å². The fraction of sp³-hybridized carbons (Fsp3) is 0.278. The van der Waals surface area contributed by atoms with E-state index in [1.54, 1.807) is 24.3 Å². The second kappa shape index (κ2) is 15.5. The number of hydrogen-bond donors (Lipinski definition) is 1. The molecule has 0 bridgehead atoms. The number of hydrogen-bond acceptors (Lipinski definition) is 6. The van der Waals surface area contributed by atoms with E-state index in [2.05, 4.69) is 5.32 Å². The normalized spacial score (nSPS) is 13.1. The Balaban J connectivity index is 1.56. The zero-order valence-electron chi connectivity index (χ0n) is 26.6. The largest absolute Gasteiger partial charge is 0.486 e. The highest BCUT2D eigenvalue weighted by Crippen LogP contribution is 2.34. The summed E-state index contributed by atoms with van der Waals surface area (Å²) in [5.74, 6) is -0.793. The van der Waals surface area contributed by atoms with Gasteiger partial charge in [0.25, 0.3) is 10.0 Å². The van der Waals surface area contributed by atoms with Crippen LogP contribution in [0.2, 0.25) is 5.02 Å². The van der Waals surface area contributed by atoms with Gasteiger partial charge in [0.15, 0.2) is 11.5 Å². The monoisotopic (exact) mass is 693 g/mol. The van der Waals surface area contributed by atoms with Gasteiger partial charge in [-0.15, -0.1) is 0 Å². The van der Waals surface area contributed by atoms with Gasteiger partial charge in [-0.3, -0.25) is 13.9 Å². The van der Waals surface area contributed by atoms with Crippen molar-refractivity contribution in [1.29, 1.82) is 0 Å². The lowest BCUT2D eigenvalue weighted by molar-refractivity contribution is -0.140. The van der Waals surface area contributed by atoms with Crippen LogP contribution in [0.4, 0.5) is 10.1 Å². The third-order valence-corrected chi connectivity index (χ3v) is 9.74. The van der Waals surface area contributed by atoms with Gasteiger partial charge in [-0.05, 0) is 65.6 Å². The summed E-state index contributed by atoms with van der Waals surface area (Å²) < 4.78 is 54.7. The van der Waals surface area contributed by atoms with Crippen molar-refractivity contribution in [3.05, 3.63) is 119 Å². The number of amides is 2. The van der Waals surface area contributed by atoms with E-state index in [1.165, 1.54) is 35.2 Å². The van der Waals surface area contributed by atoms with Gasteiger partial charge in [-0.2, -0.15) is 0 Å². The fourth-order valence-electron chi connectivity index (χ4n) is 5.21. The van der Waals surface area contributed by atoms with Gasteiger partial charge in [0.2, 0.25) is 11.8 Å². The standard InChI is InChI=1S/C36H37ClFN3O6S/c1-25(2)22-39-36(43)32(20-26-6-4-3-5-7-26)40(23-27-8-10-28(37)11-9-27)35(42)24-41(30-14-12-29(38)13-15-30)48(44,45)31-16-17-33-34(21-31)47-19-18-46-33/h3-17,21,25,32H,18-20,22-24H2,1-2H3,(H,39,43). The SMILES string of the molecule is CC(C)CNC(=O)C(Cc1ccccc1)N(Cc1ccc(Cl)cc1)C(=O)CN(c1ccc(F)cc1)S(=O)(=O)c1ccc2c(c1)OCCO2. The Kier molecular flexibility index (Phi) is 11.2. The second-order valence-electron chi connectivity index (χ2n) is 11.8. The van der Waals surface area contributed by atoms with Crippen molar-refractivity contribution in [2.75, 3.05) is 30.6 Å². The van der Waals surface area contributed by atoms with E-state index < -0.39 is 34.3 Å². The highest BCUT2D eigenvalue weighted by atomic mass is 35.5. The molecular weight excluding hydrogens is 657 g/mol. The van der Waals surface area contributed by atoms with Gasteiger partial charge in [0.05, 0.1) is 10.6 Å². The lowest BCUT2D eigenvalue weighted by Crippen LogP contribution is -2.53. The van der Waals surface area contributed by atoms with Crippen LogP contribution in [-0.4, -0.2) is 57.5 Å². The first kappa shape index (κ1) is 34.7. The average Bonchev–Trinajstić information content (AvgIpc) is 3.09. The lowest BCUT2D eigenvalue weighted by Gasteiger charge is -2.34. The Morgan fingerprint density at radius 3 is 2.21 bits per heavy atom. The summed E-state index contributed by atoms with van der Waals surface area (Å²) in [4.78, 5) is 29.7. The molecule has 0 saturated heterocycles. The molecule has 1 aliphatic rings. The molecule has 0 saturated carbocycles. The molecule has 5 rings (SSSR count). The third-order valence-electron chi connectivity index (χ3n) is 7.72. The molecule has 1 N–H and O–H groups in total. The maximum atomic E-state index is 14.5. The van der Waals surface area contributed by atoms with Gasteiger partial charge in [0, 0.05) is 30.6 Å². The highest BCUT2D eigenvalue weighted by molar-refractivity contribution is 7.92. The molecule has 4 aromatic rings. The number of carbonyl (C=O) groups excluding carboxylic acids is 2. The maximum absolute atomic E-state index is 14.5. The number of halogens is 2. The molecule has 0 radical (unpaired) electrons. The van der Waals surface area contributed by atoms with Gasteiger partial charge >= 0.3 is 0 Å². The van der Waals surface area contributed by atoms with Gasteiger partial charge in [-0.1, -0.05) is 67.9 Å². The number of anilines is 1. The van der Waals surface area contributed by atoms with Crippen molar-refractivity contribution in [3.8, 4) is 11.5 Å². The summed E-state index contributed by atoms with van der Waals surface area (Å²) in [5, 5.41) is 3.46. The molecule has 0 spiro atoms. The van der Waals surface area contributed by atoms with Gasteiger partial charge in [-0.25, -0.2) is 12.8 Å². The van der Waals surface area contributed by atoms with Crippen LogP contribution in [0.3, 0.4) is 0 Å². The Bertz CT molecular complexity index is 1820. The molecular formula is C36H37ClFN3O6S. The van der Waals surface area contributed by atoms with E-state index in [9.17, 15) is 22.4 Å². The number of rotatable bonds is 13. The zero-order chi connectivity index (χ0) is 34.3. The first-order chi connectivity index (χ1) is 23.0. The topological polar surface area (TPSA) is 105 Å². The van der Waals surface area contributed by atoms with Crippen molar-refractivity contribution in [3.63, 3.8) is 0 Å². The molecule has 0 fully saturated rings. The predicted molar refractivity (Wildman–Crippen MR) is 182 cm³/mol. The van der Waals surface area contributed by atoms with E-state index in [1.807, 2.05) is 44.2 Å². The smallest absolute Gasteiger partial charge is 0.264 e. The molecule has 48 heavy (non-hydrogen) atoms. The van der Waals surface area contributed by atoms with Crippen LogP contribution in [0.5, 0.6) is 11.5 Å². The lowest BCUT2D eigenvalue weighted by atomic mass is 10.0. The number of fused-ring (bicyclic) bond motifs is 1. The number of nitrogens with one attached hydrogen (secondary N) is 1. The summed E-state index contributed by atoms with van der Waals surface area (Å²) in [6.45, 7) is 4.19. The quantitative estimate of drug-likeness (QED) is 0.188. The molecule has 1 heterocycles. The Hall–Kier alpha value is -4.61. The maximum Gasteiger partial charge on any atom is 0.264 e. The molecule has 1 atom stereocenters. The van der Waals surface area contributed by atoms with Crippen LogP contribution in [0, 0.1) is 11.7 Å². The predicted octanol–water partition coefficient (Wildman–Crippen LogP) is 5.86. The molecule has 0 aliphatic carbocycles. The number of benzene rings is 4. The minimum Gasteiger partial charge on any atom is -0.486 e. The van der Waals surface area contributed by atoms with Gasteiger partial charge in [0.1, 0.15) is 31.6 Å². The summed E-state index contributed by atoms with van der Waals surface area (Å²) in [6, 6.07) is 24.2.